The number of hydrogen-bond donors (Lipinski definition) is 2. The number of rotatable bonds is 7. The van der Waals surface area contributed by atoms with Gasteiger partial charge in [0.05, 0.1) is 18.2 Å². The third-order valence-electron chi connectivity index (χ3n) is 5.90. The van der Waals surface area contributed by atoms with E-state index in [1.165, 1.54) is 6.07 Å². The van der Waals surface area contributed by atoms with Crippen LogP contribution in [0.4, 0.5) is 4.39 Å². The number of carbonyl (C=O) groups excluding carboxylic acids is 2. The zero-order chi connectivity index (χ0) is 21.0. The van der Waals surface area contributed by atoms with Crippen LogP contribution in [0.2, 0.25) is 0 Å². The molecular formula is C21H28FN5O2. The topological polar surface area (TPSA) is 102 Å². The van der Waals surface area contributed by atoms with Crippen LogP contribution < -0.4 is 11.1 Å². The number of amides is 1. The summed E-state index contributed by atoms with van der Waals surface area (Å²) in [6.45, 7) is 3.24. The molecule has 29 heavy (non-hydrogen) atoms. The van der Waals surface area contributed by atoms with Crippen molar-refractivity contribution < 1.29 is 14.0 Å². The van der Waals surface area contributed by atoms with Gasteiger partial charge >= 0.3 is 0 Å². The summed E-state index contributed by atoms with van der Waals surface area (Å²) in [7, 11) is 0. The third-order valence-corrected chi connectivity index (χ3v) is 5.90. The normalized spacial score (nSPS) is 26.8. The first-order chi connectivity index (χ1) is 13.9. The van der Waals surface area contributed by atoms with Gasteiger partial charge in [0.1, 0.15) is 18.1 Å². The van der Waals surface area contributed by atoms with E-state index in [0.717, 1.165) is 12.7 Å². The molecule has 5 atom stereocenters. The van der Waals surface area contributed by atoms with Crippen LogP contribution in [-0.2, 0) is 9.59 Å². The van der Waals surface area contributed by atoms with E-state index in [4.69, 9.17) is 5.73 Å². The van der Waals surface area contributed by atoms with Gasteiger partial charge < -0.3 is 20.7 Å². The van der Waals surface area contributed by atoms with Crippen molar-refractivity contribution in [3.8, 4) is 6.07 Å². The number of benzene rings is 1. The van der Waals surface area contributed by atoms with Crippen molar-refractivity contribution >= 4 is 12.2 Å². The summed E-state index contributed by atoms with van der Waals surface area (Å²) in [5.41, 5.74) is 6.72. The molecule has 2 aliphatic rings. The maximum Gasteiger partial charge on any atom is 0.241 e. The smallest absolute Gasteiger partial charge is 0.241 e. The maximum absolute atomic E-state index is 14.0. The summed E-state index contributed by atoms with van der Waals surface area (Å²) in [6.07, 6.45) is 2.93. The number of hydrogen-bond acceptors (Lipinski definition) is 6. The Morgan fingerprint density at radius 1 is 1.48 bits per heavy atom. The second-order valence-corrected chi connectivity index (χ2v) is 7.93. The molecule has 2 fully saturated rings. The Bertz CT molecular complexity index is 783. The van der Waals surface area contributed by atoms with Gasteiger partial charge in [-0.25, -0.2) is 4.39 Å². The van der Waals surface area contributed by atoms with E-state index < -0.39 is 12.1 Å². The van der Waals surface area contributed by atoms with Crippen LogP contribution in [0.1, 0.15) is 37.8 Å². The average Bonchev–Trinajstić information content (AvgIpc) is 3.34. The van der Waals surface area contributed by atoms with Gasteiger partial charge in [-0.15, -0.1) is 0 Å². The van der Waals surface area contributed by atoms with Crippen LogP contribution in [0.3, 0.4) is 0 Å². The first kappa shape index (κ1) is 21.4. The molecule has 0 radical (unpaired) electrons. The number of aldehydes is 1. The van der Waals surface area contributed by atoms with E-state index in [0.29, 0.717) is 31.5 Å². The quantitative estimate of drug-likeness (QED) is 0.660. The van der Waals surface area contributed by atoms with Gasteiger partial charge in [0, 0.05) is 37.3 Å². The van der Waals surface area contributed by atoms with E-state index in [1.54, 1.807) is 23.1 Å². The first-order valence-corrected chi connectivity index (χ1v) is 10.1. The second kappa shape index (κ2) is 9.44. The number of nitriles is 1. The highest BCUT2D eigenvalue weighted by atomic mass is 19.1. The summed E-state index contributed by atoms with van der Waals surface area (Å²) in [5, 5.41) is 12.6. The lowest BCUT2D eigenvalue weighted by Gasteiger charge is -2.28. The van der Waals surface area contributed by atoms with Crippen molar-refractivity contribution in [2.75, 3.05) is 19.6 Å². The Morgan fingerprint density at radius 3 is 2.93 bits per heavy atom. The fraction of sp³-hybridized carbons (Fsp3) is 0.571. The van der Waals surface area contributed by atoms with Crippen molar-refractivity contribution in [3.63, 3.8) is 0 Å². The monoisotopic (exact) mass is 401 g/mol. The van der Waals surface area contributed by atoms with E-state index in [2.05, 4.69) is 11.4 Å². The van der Waals surface area contributed by atoms with E-state index in [1.807, 2.05) is 11.8 Å². The molecule has 2 heterocycles. The zero-order valence-electron chi connectivity index (χ0n) is 16.6. The van der Waals surface area contributed by atoms with Crippen LogP contribution in [0.15, 0.2) is 24.3 Å². The fourth-order valence-electron chi connectivity index (χ4n) is 4.38. The lowest BCUT2D eigenvalue weighted by Crippen LogP contribution is -2.52. The van der Waals surface area contributed by atoms with E-state index >= 15 is 0 Å². The van der Waals surface area contributed by atoms with Crippen molar-refractivity contribution in [1.29, 1.82) is 5.26 Å². The standard InChI is InChI=1S/C21H28FN5O2/c1-14(18-6-2-3-7-19(18)22)25-15-9-17(13-28)26(11-15)12-20(24)21(29)27-8-4-5-16(27)10-23/h2-3,6-7,13-17,20,25H,4-5,8-9,11-12,24H2,1H3. The lowest BCUT2D eigenvalue weighted by molar-refractivity contribution is -0.133. The summed E-state index contributed by atoms with van der Waals surface area (Å²) in [5.74, 6) is -0.505. The van der Waals surface area contributed by atoms with Gasteiger partial charge in [-0.05, 0) is 32.3 Å². The Morgan fingerprint density at radius 2 is 2.24 bits per heavy atom. The molecule has 3 N–H and O–H groups in total. The van der Waals surface area contributed by atoms with E-state index in [-0.39, 0.29) is 36.4 Å². The summed E-state index contributed by atoms with van der Waals surface area (Å²) < 4.78 is 14.0. The fourth-order valence-corrected chi connectivity index (χ4v) is 4.38. The Labute approximate surface area is 170 Å². The predicted molar refractivity (Wildman–Crippen MR) is 106 cm³/mol. The molecule has 0 saturated carbocycles. The van der Waals surface area contributed by atoms with Crippen LogP contribution in [0.25, 0.3) is 0 Å². The summed E-state index contributed by atoms with van der Waals surface area (Å²) in [6, 6.07) is 7.02. The highest BCUT2D eigenvalue weighted by Gasteiger charge is 2.37. The minimum atomic E-state index is -0.783. The molecule has 0 aromatic heterocycles. The van der Waals surface area contributed by atoms with Gasteiger partial charge in [-0.1, -0.05) is 18.2 Å². The number of halogens is 1. The molecule has 2 saturated heterocycles. The van der Waals surface area contributed by atoms with Crippen molar-refractivity contribution in [1.82, 2.24) is 15.1 Å². The molecule has 3 rings (SSSR count). The molecule has 0 bridgehead atoms. The molecule has 2 aliphatic heterocycles. The third kappa shape index (κ3) is 4.81. The number of nitrogens with two attached hydrogens (primary N) is 1. The van der Waals surface area contributed by atoms with Crippen molar-refractivity contribution in [2.45, 2.75) is 56.4 Å². The maximum atomic E-state index is 14.0. The van der Waals surface area contributed by atoms with Crippen molar-refractivity contribution in [3.05, 3.63) is 35.6 Å². The second-order valence-electron chi connectivity index (χ2n) is 7.93. The highest BCUT2D eigenvalue weighted by Crippen LogP contribution is 2.23. The van der Waals surface area contributed by atoms with Crippen LogP contribution >= 0.6 is 0 Å². The summed E-state index contributed by atoms with van der Waals surface area (Å²) in [4.78, 5) is 27.7. The van der Waals surface area contributed by atoms with Crippen LogP contribution in [0.5, 0.6) is 0 Å². The molecule has 8 heteroatoms. The summed E-state index contributed by atoms with van der Waals surface area (Å²) >= 11 is 0. The zero-order valence-corrected chi connectivity index (χ0v) is 16.6. The Balaban J connectivity index is 1.59. The number of nitrogens with zero attached hydrogens (tertiary/aromatic N) is 3. The minimum absolute atomic E-state index is 0.0132. The van der Waals surface area contributed by atoms with E-state index in [9.17, 15) is 19.2 Å². The van der Waals surface area contributed by atoms with Gasteiger partial charge in [0.2, 0.25) is 5.91 Å². The molecule has 0 aliphatic carbocycles. The van der Waals surface area contributed by atoms with Crippen LogP contribution in [-0.4, -0.2) is 65.8 Å². The van der Waals surface area contributed by atoms with Crippen LogP contribution in [0, 0.1) is 17.1 Å². The minimum Gasteiger partial charge on any atom is -0.325 e. The van der Waals surface area contributed by atoms with Gasteiger partial charge in [0.25, 0.3) is 0 Å². The number of likely N-dealkylation sites (tertiary alicyclic amines) is 2. The average molecular weight is 401 g/mol. The molecule has 156 valence electrons. The number of nitrogens with one attached hydrogen (secondary N) is 1. The molecule has 1 amide bonds. The molecule has 1 aromatic carbocycles. The molecular weight excluding hydrogens is 373 g/mol. The van der Waals surface area contributed by atoms with Gasteiger partial charge in [0.15, 0.2) is 0 Å². The van der Waals surface area contributed by atoms with Gasteiger partial charge in [-0.2, -0.15) is 5.26 Å². The van der Waals surface area contributed by atoms with Crippen molar-refractivity contribution in [2.24, 2.45) is 5.73 Å². The first-order valence-electron chi connectivity index (χ1n) is 10.1. The molecule has 5 unspecified atom stereocenters. The Hall–Kier alpha value is -2.34. The molecule has 0 spiro atoms. The number of carbonyl (C=O) groups is 2. The lowest BCUT2D eigenvalue weighted by atomic mass is 10.1. The SMILES string of the molecule is CC(NC1CC(C=O)N(CC(N)C(=O)N2CCCC2C#N)C1)c1ccccc1F. The van der Waals surface area contributed by atoms with Gasteiger partial charge in [-0.3, -0.25) is 9.69 Å². The largest absolute Gasteiger partial charge is 0.325 e. The predicted octanol–water partition coefficient (Wildman–Crippen LogP) is 0.960. The Kier molecular flexibility index (Phi) is 6.96. The molecule has 7 nitrogen and oxygen atoms in total. The molecule has 1 aromatic rings. The highest BCUT2D eigenvalue weighted by molar-refractivity contribution is 5.83.